The highest BCUT2D eigenvalue weighted by atomic mass is 79.9. The molecule has 0 radical (unpaired) electrons. The summed E-state index contributed by atoms with van der Waals surface area (Å²) in [7, 11) is 0. The van der Waals surface area contributed by atoms with Gasteiger partial charge in [0.25, 0.3) is 0 Å². The molecule has 0 atom stereocenters. The van der Waals surface area contributed by atoms with Crippen molar-refractivity contribution in [3.8, 4) is 5.75 Å². The van der Waals surface area contributed by atoms with Gasteiger partial charge in [-0.1, -0.05) is 41.9 Å². The number of aromatic hydroxyl groups is 1. The molecule has 2 aromatic rings. The second kappa shape index (κ2) is 3.36. The lowest BCUT2D eigenvalue weighted by molar-refractivity contribution is 0.476. The van der Waals surface area contributed by atoms with Gasteiger partial charge in [-0.2, -0.15) is 0 Å². The van der Waals surface area contributed by atoms with Crippen molar-refractivity contribution < 1.29 is 5.11 Å². The third-order valence-corrected chi connectivity index (χ3v) is 4.06. The minimum Gasteiger partial charge on any atom is -0.508 e. The monoisotopic (exact) mass is 288 g/mol. The predicted octanol–water partition coefficient (Wildman–Crippen LogP) is 4.57. The number of hydrogen-bond acceptors (Lipinski definition) is 1. The molecule has 0 unspecified atom stereocenters. The average Bonchev–Trinajstić information content (AvgIpc) is 2.47. The first kappa shape index (κ1) is 10.8. The molecule has 17 heavy (non-hydrogen) atoms. The van der Waals surface area contributed by atoms with Crippen molar-refractivity contribution in [3.63, 3.8) is 0 Å². The van der Waals surface area contributed by atoms with E-state index in [1.54, 1.807) is 12.1 Å². The Labute approximate surface area is 109 Å². The van der Waals surface area contributed by atoms with Gasteiger partial charge in [-0.05, 0) is 46.2 Å². The maximum absolute atomic E-state index is 9.52. The number of allylic oxidation sites excluding steroid dienone is 1. The molecular weight excluding hydrogens is 276 g/mol. The molecule has 1 aliphatic carbocycles. The number of fused-ring (bicyclic) bond motifs is 2. The summed E-state index contributed by atoms with van der Waals surface area (Å²) in [5, 5.41) is 11.8. The highest BCUT2D eigenvalue weighted by Crippen LogP contribution is 2.44. The summed E-state index contributed by atoms with van der Waals surface area (Å²) in [5.41, 5.74) is 2.64. The van der Waals surface area contributed by atoms with E-state index in [-0.39, 0.29) is 5.41 Å². The number of phenolic OH excluding ortho intramolecular Hbond substituents is 1. The van der Waals surface area contributed by atoms with Gasteiger partial charge in [0.2, 0.25) is 0 Å². The van der Waals surface area contributed by atoms with Crippen LogP contribution in [0.5, 0.6) is 5.75 Å². The summed E-state index contributed by atoms with van der Waals surface area (Å²) in [5.74, 6) is 0.315. The quantitative estimate of drug-likeness (QED) is 0.753. The Morgan fingerprint density at radius 2 is 1.82 bits per heavy atom. The van der Waals surface area contributed by atoms with Gasteiger partial charge in [0.05, 0.1) is 0 Å². The van der Waals surface area contributed by atoms with Crippen LogP contribution in [0, 0.1) is 0 Å². The maximum Gasteiger partial charge on any atom is 0.116 e. The van der Waals surface area contributed by atoms with Gasteiger partial charge in [0.15, 0.2) is 0 Å². The number of rotatable bonds is 0. The van der Waals surface area contributed by atoms with Gasteiger partial charge in [-0.25, -0.2) is 0 Å². The van der Waals surface area contributed by atoms with Crippen molar-refractivity contribution in [2.45, 2.75) is 19.3 Å². The number of benzene rings is 2. The first-order chi connectivity index (χ1) is 7.97. The zero-order chi connectivity index (χ0) is 12.2. The third kappa shape index (κ3) is 1.59. The Hall–Kier alpha value is -1.28. The molecule has 0 spiro atoms. The maximum atomic E-state index is 9.52. The van der Waals surface area contributed by atoms with Crippen LogP contribution in [0.3, 0.4) is 0 Å². The minimum absolute atomic E-state index is 0.0697. The summed E-state index contributed by atoms with van der Waals surface area (Å²) in [4.78, 5) is 0. The topological polar surface area (TPSA) is 20.2 Å². The highest BCUT2D eigenvalue weighted by molar-refractivity contribution is 9.15. The van der Waals surface area contributed by atoms with E-state index < -0.39 is 0 Å². The normalized spacial score (nSPS) is 17.0. The lowest BCUT2D eigenvalue weighted by Crippen LogP contribution is -2.10. The first-order valence-corrected chi connectivity index (χ1v) is 6.43. The zero-order valence-corrected chi connectivity index (χ0v) is 11.4. The molecular formula is C15H13BrO. The molecule has 2 aromatic carbocycles. The second-order valence-corrected chi connectivity index (χ2v) is 6.00. The van der Waals surface area contributed by atoms with E-state index >= 15 is 0 Å². The molecule has 0 saturated heterocycles. The fourth-order valence-electron chi connectivity index (χ4n) is 2.49. The molecule has 0 fully saturated rings. The molecule has 1 nitrogen and oxygen atoms in total. The summed E-state index contributed by atoms with van der Waals surface area (Å²) >= 11 is 3.62. The molecule has 2 heteroatoms. The van der Waals surface area contributed by atoms with E-state index in [1.807, 2.05) is 6.07 Å². The van der Waals surface area contributed by atoms with E-state index in [0.717, 1.165) is 9.87 Å². The van der Waals surface area contributed by atoms with Crippen LogP contribution in [0.15, 0.2) is 36.4 Å². The van der Waals surface area contributed by atoms with Crippen LogP contribution < -0.4 is 0 Å². The Morgan fingerprint density at radius 3 is 2.59 bits per heavy atom. The van der Waals surface area contributed by atoms with Gasteiger partial charge in [0.1, 0.15) is 5.75 Å². The number of phenols is 1. The molecule has 0 aliphatic heterocycles. The number of hydrogen-bond donors (Lipinski definition) is 1. The van der Waals surface area contributed by atoms with Crippen LogP contribution in [-0.4, -0.2) is 5.11 Å². The third-order valence-electron chi connectivity index (χ3n) is 3.40. The first-order valence-electron chi connectivity index (χ1n) is 5.63. The summed E-state index contributed by atoms with van der Waals surface area (Å²) in [6.45, 7) is 4.43. The summed E-state index contributed by atoms with van der Waals surface area (Å²) in [6.07, 6.45) is 2.23. The zero-order valence-electron chi connectivity index (χ0n) is 9.79. The van der Waals surface area contributed by atoms with E-state index in [0.29, 0.717) is 5.75 Å². The molecule has 0 bridgehead atoms. The lowest BCUT2D eigenvalue weighted by atomic mass is 9.86. The smallest absolute Gasteiger partial charge is 0.116 e. The van der Waals surface area contributed by atoms with Crippen LogP contribution >= 0.6 is 15.9 Å². The van der Waals surface area contributed by atoms with Gasteiger partial charge in [0, 0.05) is 9.90 Å². The van der Waals surface area contributed by atoms with Crippen molar-refractivity contribution in [1.82, 2.24) is 0 Å². The predicted molar refractivity (Wildman–Crippen MR) is 75.5 cm³/mol. The molecule has 86 valence electrons. The van der Waals surface area contributed by atoms with Gasteiger partial charge in [-0.3, -0.25) is 0 Å². The number of halogens is 1. The summed E-state index contributed by atoms with van der Waals surface area (Å²) < 4.78 is 1.14. The van der Waals surface area contributed by atoms with E-state index in [9.17, 15) is 5.11 Å². The average molecular weight is 289 g/mol. The lowest BCUT2D eigenvalue weighted by Gasteiger charge is -2.18. The van der Waals surface area contributed by atoms with Crippen molar-refractivity contribution in [1.29, 1.82) is 0 Å². The van der Waals surface area contributed by atoms with Gasteiger partial charge in [-0.15, -0.1) is 0 Å². The minimum atomic E-state index is 0.0697. The van der Waals surface area contributed by atoms with Gasteiger partial charge < -0.3 is 5.11 Å². The second-order valence-electron chi connectivity index (χ2n) is 5.14. The Morgan fingerprint density at radius 1 is 1.06 bits per heavy atom. The SMILES string of the molecule is CC1(C)C=C(Br)c2cc3cc(O)ccc3cc21. The Bertz CT molecular complexity index is 653. The molecule has 3 rings (SSSR count). The molecule has 0 saturated carbocycles. The molecule has 1 N–H and O–H groups in total. The van der Waals surface area contributed by atoms with E-state index in [1.165, 1.54) is 16.5 Å². The molecule has 0 amide bonds. The van der Waals surface area contributed by atoms with Crippen LogP contribution in [0.4, 0.5) is 0 Å². The van der Waals surface area contributed by atoms with Gasteiger partial charge >= 0.3 is 0 Å². The molecule has 0 heterocycles. The Balaban J connectivity index is 2.36. The van der Waals surface area contributed by atoms with Crippen molar-refractivity contribution in [3.05, 3.63) is 47.5 Å². The van der Waals surface area contributed by atoms with Crippen LogP contribution in [0.1, 0.15) is 25.0 Å². The van der Waals surface area contributed by atoms with Crippen LogP contribution in [-0.2, 0) is 5.41 Å². The van der Waals surface area contributed by atoms with E-state index in [2.05, 4.69) is 48.0 Å². The van der Waals surface area contributed by atoms with Crippen LogP contribution in [0.2, 0.25) is 0 Å². The fourth-order valence-corrected chi connectivity index (χ4v) is 3.39. The standard InChI is InChI=1S/C15H13BrO/c1-15(2)8-14(16)12-6-10-5-11(17)4-3-9(10)7-13(12)15/h3-8,17H,1-2H3. The highest BCUT2D eigenvalue weighted by Gasteiger charge is 2.29. The molecule has 0 aromatic heterocycles. The van der Waals surface area contributed by atoms with Crippen molar-refractivity contribution in [2.75, 3.05) is 0 Å². The van der Waals surface area contributed by atoms with E-state index in [4.69, 9.17) is 0 Å². The Kier molecular flexibility index (Phi) is 2.14. The van der Waals surface area contributed by atoms with Crippen molar-refractivity contribution >= 4 is 31.2 Å². The summed E-state index contributed by atoms with van der Waals surface area (Å²) in [6, 6.07) is 9.86. The largest absolute Gasteiger partial charge is 0.508 e. The molecule has 1 aliphatic rings. The van der Waals surface area contributed by atoms with Crippen molar-refractivity contribution in [2.24, 2.45) is 0 Å². The van der Waals surface area contributed by atoms with Crippen LogP contribution in [0.25, 0.3) is 15.3 Å². The fraction of sp³-hybridized carbons (Fsp3) is 0.200.